The Balaban J connectivity index is 3.10. The van der Waals surface area contributed by atoms with E-state index in [9.17, 15) is 0 Å². The molecule has 0 spiro atoms. The molecule has 0 aromatic carbocycles. The van der Waals surface area contributed by atoms with Crippen molar-refractivity contribution in [3.63, 3.8) is 0 Å². The zero-order valence-corrected chi connectivity index (χ0v) is 7.70. The Labute approximate surface area is 69.8 Å². The maximum atomic E-state index is 3.44. The van der Waals surface area contributed by atoms with E-state index in [1.54, 1.807) is 0 Å². The minimum atomic E-state index is 1.12. The fraction of sp³-hybridized carbons (Fsp3) is 0.222. The van der Waals surface area contributed by atoms with Crippen molar-refractivity contribution in [3.8, 4) is 0 Å². The summed E-state index contributed by atoms with van der Waals surface area (Å²) >= 11 is 3.44. The quantitative estimate of drug-likeness (QED) is 0.522. The Morgan fingerprint density at radius 1 is 1.40 bits per heavy atom. The first-order chi connectivity index (χ1) is 4.70. The summed E-state index contributed by atoms with van der Waals surface area (Å²) < 4.78 is 1.12. The van der Waals surface area contributed by atoms with Gasteiger partial charge in [0.25, 0.3) is 0 Å². The molecule has 0 saturated carbocycles. The van der Waals surface area contributed by atoms with Crippen LogP contribution in [0.1, 0.15) is 13.8 Å². The summed E-state index contributed by atoms with van der Waals surface area (Å²) in [6.07, 6.45) is 6.07. The number of rotatable bonds is 0. The van der Waals surface area contributed by atoms with E-state index in [0.29, 0.717) is 0 Å². The average molecular weight is 197 g/mol. The van der Waals surface area contributed by atoms with Crippen molar-refractivity contribution in [1.82, 2.24) is 0 Å². The Kier molecular flexibility index (Phi) is 2.31. The second-order valence-corrected chi connectivity index (χ2v) is 3.19. The van der Waals surface area contributed by atoms with E-state index in [-0.39, 0.29) is 0 Å². The van der Waals surface area contributed by atoms with E-state index < -0.39 is 0 Å². The summed E-state index contributed by atoms with van der Waals surface area (Å²) in [5, 5.41) is 0. The first-order valence-corrected chi connectivity index (χ1v) is 3.97. The highest BCUT2D eigenvalue weighted by molar-refractivity contribution is 9.12. The summed E-state index contributed by atoms with van der Waals surface area (Å²) in [5.74, 6) is 0. The maximum absolute atomic E-state index is 3.44. The topological polar surface area (TPSA) is 0 Å². The molecule has 0 aromatic rings. The molecule has 0 nitrogen and oxygen atoms in total. The van der Waals surface area contributed by atoms with Crippen LogP contribution >= 0.6 is 15.9 Å². The van der Waals surface area contributed by atoms with Gasteiger partial charge in [0, 0.05) is 10.1 Å². The fourth-order valence-electron chi connectivity index (χ4n) is 0.723. The summed E-state index contributed by atoms with van der Waals surface area (Å²) in [5.41, 5.74) is 5.52. The predicted octanol–water partition coefficient (Wildman–Crippen LogP) is 3.33. The molecule has 0 atom stereocenters. The SMILES string of the molecule is CC1=C=CC=C(C)C=C1Br. The average Bonchev–Trinajstić information content (AvgIpc) is 1.96. The minimum absolute atomic E-state index is 1.12. The van der Waals surface area contributed by atoms with E-state index in [1.807, 2.05) is 19.1 Å². The molecule has 10 heavy (non-hydrogen) atoms. The van der Waals surface area contributed by atoms with Crippen LogP contribution in [-0.4, -0.2) is 0 Å². The smallest absolute Gasteiger partial charge is 0.0284 e. The van der Waals surface area contributed by atoms with Gasteiger partial charge >= 0.3 is 0 Å². The van der Waals surface area contributed by atoms with Gasteiger partial charge in [0.15, 0.2) is 0 Å². The highest BCUT2D eigenvalue weighted by Gasteiger charge is 1.95. The van der Waals surface area contributed by atoms with Gasteiger partial charge in [0.05, 0.1) is 0 Å². The number of halogens is 1. The van der Waals surface area contributed by atoms with Gasteiger partial charge < -0.3 is 0 Å². The molecule has 0 bridgehead atoms. The van der Waals surface area contributed by atoms with Crippen molar-refractivity contribution < 1.29 is 0 Å². The molecule has 0 aliphatic heterocycles. The first-order valence-electron chi connectivity index (χ1n) is 3.18. The molecule has 0 N–H and O–H groups in total. The molecule has 1 aliphatic rings. The molecule has 0 amide bonds. The largest absolute Gasteiger partial charge is 0.116 e. The zero-order chi connectivity index (χ0) is 7.56. The van der Waals surface area contributed by atoms with E-state index >= 15 is 0 Å². The lowest BCUT2D eigenvalue weighted by Crippen LogP contribution is -1.71. The van der Waals surface area contributed by atoms with Crippen molar-refractivity contribution in [2.45, 2.75) is 13.8 Å². The third-order valence-electron chi connectivity index (χ3n) is 1.36. The van der Waals surface area contributed by atoms with Gasteiger partial charge in [-0.3, -0.25) is 0 Å². The normalized spacial score (nSPS) is 17.3. The second kappa shape index (κ2) is 3.05. The van der Waals surface area contributed by atoms with Crippen molar-refractivity contribution in [2.24, 2.45) is 0 Å². The molecule has 1 heteroatoms. The van der Waals surface area contributed by atoms with Crippen LogP contribution < -0.4 is 0 Å². The Bertz CT molecular complexity index is 260. The van der Waals surface area contributed by atoms with Crippen LogP contribution in [-0.2, 0) is 0 Å². The molecule has 0 saturated heterocycles. The zero-order valence-electron chi connectivity index (χ0n) is 6.11. The van der Waals surface area contributed by atoms with Gasteiger partial charge in [0.1, 0.15) is 0 Å². The fourth-order valence-corrected chi connectivity index (χ4v) is 1.20. The van der Waals surface area contributed by atoms with Gasteiger partial charge in [-0.1, -0.05) is 6.08 Å². The van der Waals surface area contributed by atoms with Crippen LogP contribution in [0.5, 0.6) is 0 Å². The Hall–Kier alpha value is -0.520. The van der Waals surface area contributed by atoms with Crippen molar-refractivity contribution in [3.05, 3.63) is 39.6 Å². The van der Waals surface area contributed by atoms with E-state index in [2.05, 4.69) is 34.7 Å². The summed E-state index contributed by atoms with van der Waals surface area (Å²) in [6.45, 7) is 4.10. The molecule has 0 heterocycles. The monoisotopic (exact) mass is 196 g/mol. The lowest BCUT2D eigenvalue weighted by Gasteiger charge is -1.92. The van der Waals surface area contributed by atoms with Crippen LogP contribution in [0.4, 0.5) is 0 Å². The van der Waals surface area contributed by atoms with Gasteiger partial charge in [0.2, 0.25) is 0 Å². The van der Waals surface area contributed by atoms with Gasteiger partial charge in [-0.2, -0.15) is 0 Å². The Morgan fingerprint density at radius 2 is 2.10 bits per heavy atom. The lowest BCUT2D eigenvalue weighted by atomic mass is 10.2. The summed E-state index contributed by atoms with van der Waals surface area (Å²) in [7, 11) is 0. The Morgan fingerprint density at radius 3 is 2.80 bits per heavy atom. The van der Waals surface area contributed by atoms with E-state index in [0.717, 1.165) is 10.1 Å². The third kappa shape index (κ3) is 1.73. The lowest BCUT2D eigenvalue weighted by molar-refractivity contribution is 1.48. The van der Waals surface area contributed by atoms with Crippen molar-refractivity contribution in [1.29, 1.82) is 0 Å². The van der Waals surface area contributed by atoms with E-state index in [1.165, 1.54) is 5.57 Å². The van der Waals surface area contributed by atoms with Gasteiger partial charge in [-0.05, 0) is 47.5 Å². The molecular formula is C9H9Br. The number of hydrogen-bond acceptors (Lipinski definition) is 0. The summed E-state index contributed by atoms with van der Waals surface area (Å²) in [4.78, 5) is 0. The first kappa shape index (κ1) is 7.59. The van der Waals surface area contributed by atoms with Crippen LogP contribution in [0.25, 0.3) is 0 Å². The van der Waals surface area contributed by atoms with Crippen molar-refractivity contribution in [2.75, 3.05) is 0 Å². The molecule has 0 unspecified atom stereocenters. The van der Waals surface area contributed by atoms with E-state index in [4.69, 9.17) is 0 Å². The van der Waals surface area contributed by atoms with Crippen LogP contribution in [0.2, 0.25) is 0 Å². The standard InChI is InChI=1S/C9H9Br/c1-7-4-3-5-8(2)9(10)6-7/h3-4,6H,1-2H3. The molecule has 1 rings (SSSR count). The van der Waals surface area contributed by atoms with Gasteiger partial charge in [-0.25, -0.2) is 0 Å². The van der Waals surface area contributed by atoms with Crippen LogP contribution in [0, 0.1) is 0 Å². The predicted molar refractivity (Wildman–Crippen MR) is 48.0 cm³/mol. The molecule has 0 fully saturated rings. The second-order valence-electron chi connectivity index (χ2n) is 2.34. The minimum Gasteiger partial charge on any atom is -0.116 e. The number of hydrogen-bond donors (Lipinski definition) is 0. The number of allylic oxidation sites excluding steroid dienone is 5. The highest BCUT2D eigenvalue weighted by Crippen LogP contribution is 2.19. The summed E-state index contributed by atoms with van der Waals surface area (Å²) in [6, 6.07) is 0. The molecule has 52 valence electrons. The molecule has 1 aliphatic carbocycles. The molecule has 0 aromatic heterocycles. The van der Waals surface area contributed by atoms with Gasteiger partial charge in [-0.15, -0.1) is 5.73 Å². The highest BCUT2D eigenvalue weighted by atomic mass is 79.9. The van der Waals surface area contributed by atoms with Crippen molar-refractivity contribution >= 4 is 15.9 Å². The molecular weight excluding hydrogens is 188 g/mol. The van der Waals surface area contributed by atoms with Crippen LogP contribution in [0.3, 0.4) is 0 Å². The third-order valence-corrected chi connectivity index (χ3v) is 2.18. The maximum Gasteiger partial charge on any atom is 0.0284 e. The molecule has 0 radical (unpaired) electrons. The van der Waals surface area contributed by atoms with Crippen LogP contribution in [0.15, 0.2) is 39.6 Å².